The van der Waals surface area contributed by atoms with Crippen LogP contribution in [0.15, 0.2) is 0 Å². The SMILES string of the molecule is CC(=O)[C@@H]1CCCCCC[C@H]1N. The van der Waals surface area contributed by atoms with E-state index in [1.165, 1.54) is 25.7 Å². The van der Waals surface area contributed by atoms with Crippen molar-refractivity contribution in [3.63, 3.8) is 0 Å². The maximum Gasteiger partial charge on any atom is 0.134 e. The third-order valence-electron chi connectivity index (χ3n) is 2.84. The lowest BCUT2D eigenvalue weighted by Crippen LogP contribution is -2.35. The first-order valence-corrected chi connectivity index (χ1v) is 4.98. The number of carbonyl (C=O) groups excluding carboxylic acids is 1. The number of carbonyl (C=O) groups is 1. The molecule has 1 fully saturated rings. The summed E-state index contributed by atoms with van der Waals surface area (Å²) in [4.78, 5) is 11.2. The molecule has 1 aliphatic rings. The van der Waals surface area contributed by atoms with E-state index in [9.17, 15) is 4.79 Å². The van der Waals surface area contributed by atoms with Crippen LogP contribution >= 0.6 is 0 Å². The van der Waals surface area contributed by atoms with Gasteiger partial charge >= 0.3 is 0 Å². The lowest BCUT2D eigenvalue weighted by molar-refractivity contribution is -0.121. The number of hydrogen-bond donors (Lipinski definition) is 1. The van der Waals surface area contributed by atoms with Crippen molar-refractivity contribution in [3.05, 3.63) is 0 Å². The third kappa shape index (κ3) is 2.59. The van der Waals surface area contributed by atoms with Crippen LogP contribution in [0.1, 0.15) is 45.4 Å². The molecular weight excluding hydrogens is 150 g/mol. The molecule has 0 aromatic rings. The first-order valence-electron chi connectivity index (χ1n) is 4.98. The monoisotopic (exact) mass is 169 g/mol. The molecule has 0 aromatic heterocycles. The molecule has 0 aliphatic heterocycles. The quantitative estimate of drug-likeness (QED) is 0.651. The molecule has 2 atom stereocenters. The summed E-state index contributed by atoms with van der Waals surface area (Å²) in [5.41, 5.74) is 5.93. The fourth-order valence-corrected chi connectivity index (χ4v) is 2.02. The zero-order valence-corrected chi connectivity index (χ0v) is 7.88. The molecule has 2 nitrogen and oxygen atoms in total. The fourth-order valence-electron chi connectivity index (χ4n) is 2.02. The maximum atomic E-state index is 11.2. The highest BCUT2D eigenvalue weighted by atomic mass is 16.1. The number of nitrogens with two attached hydrogens (primary N) is 1. The summed E-state index contributed by atoms with van der Waals surface area (Å²) in [6.45, 7) is 1.67. The molecule has 0 amide bonds. The second kappa shape index (κ2) is 4.61. The van der Waals surface area contributed by atoms with Gasteiger partial charge in [-0.3, -0.25) is 4.79 Å². The van der Waals surface area contributed by atoms with Crippen molar-refractivity contribution >= 4 is 5.78 Å². The van der Waals surface area contributed by atoms with Crippen molar-refractivity contribution < 1.29 is 4.79 Å². The second-order valence-corrected chi connectivity index (χ2v) is 3.87. The van der Waals surface area contributed by atoms with Gasteiger partial charge < -0.3 is 5.73 Å². The van der Waals surface area contributed by atoms with E-state index in [1.807, 2.05) is 0 Å². The highest BCUT2D eigenvalue weighted by Gasteiger charge is 2.22. The number of hydrogen-bond acceptors (Lipinski definition) is 2. The van der Waals surface area contributed by atoms with Crippen LogP contribution in [0.2, 0.25) is 0 Å². The Kier molecular flexibility index (Phi) is 3.73. The summed E-state index contributed by atoms with van der Waals surface area (Å²) >= 11 is 0. The Morgan fingerprint density at radius 2 is 1.75 bits per heavy atom. The van der Waals surface area contributed by atoms with Gasteiger partial charge in [-0.05, 0) is 19.8 Å². The largest absolute Gasteiger partial charge is 0.327 e. The van der Waals surface area contributed by atoms with E-state index in [0.717, 1.165) is 12.8 Å². The molecule has 0 saturated heterocycles. The molecule has 0 heterocycles. The Morgan fingerprint density at radius 3 is 2.33 bits per heavy atom. The summed E-state index contributed by atoms with van der Waals surface area (Å²) in [6, 6.07) is 0.128. The maximum absolute atomic E-state index is 11.2. The van der Waals surface area contributed by atoms with Crippen molar-refractivity contribution in [2.75, 3.05) is 0 Å². The topological polar surface area (TPSA) is 43.1 Å². The van der Waals surface area contributed by atoms with E-state index in [2.05, 4.69) is 0 Å². The molecular formula is C10H19NO. The summed E-state index contributed by atoms with van der Waals surface area (Å²) in [5, 5.41) is 0. The molecule has 0 bridgehead atoms. The van der Waals surface area contributed by atoms with E-state index in [-0.39, 0.29) is 17.7 Å². The molecule has 2 N–H and O–H groups in total. The molecule has 0 aromatic carbocycles. The van der Waals surface area contributed by atoms with Crippen LogP contribution < -0.4 is 5.73 Å². The molecule has 1 saturated carbocycles. The Morgan fingerprint density at radius 1 is 1.17 bits per heavy atom. The minimum absolute atomic E-state index is 0.128. The highest BCUT2D eigenvalue weighted by molar-refractivity contribution is 5.78. The van der Waals surface area contributed by atoms with Crippen LogP contribution in [0.4, 0.5) is 0 Å². The Hall–Kier alpha value is -0.370. The third-order valence-corrected chi connectivity index (χ3v) is 2.84. The molecule has 1 rings (SSSR count). The van der Waals surface area contributed by atoms with Gasteiger partial charge in [-0.15, -0.1) is 0 Å². The highest BCUT2D eigenvalue weighted by Crippen LogP contribution is 2.21. The predicted molar refractivity (Wildman–Crippen MR) is 49.8 cm³/mol. The zero-order chi connectivity index (χ0) is 8.97. The summed E-state index contributed by atoms with van der Waals surface area (Å²) in [7, 11) is 0. The second-order valence-electron chi connectivity index (χ2n) is 3.87. The lowest BCUT2D eigenvalue weighted by atomic mass is 9.85. The normalized spacial score (nSPS) is 32.2. The molecule has 0 spiro atoms. The minimum atomic E-state index is 0.128. The van der Waals surface area contributed by atoms with Gasteiger partial charge in [0.25, 0.3) is 0 Å². The van der Waals surface area contributed by atoms with E-state index in [1.54, 1.807) is 6.92 Å². The fraction of sp³-hybridized carbons (Fsp3) is 0.900. The zero-order valence-electron chi connectivity index (χ0n) is 7.88. The summed E-state index contributed by atoms with van der Waals surface area (Å²) in [5.74, 6) is 0.426. The van der Waals surface area contributed by atoms with Gasteiger partial charge in [0.05, 0.1) is 0 Å². The van der Waals surface area contributed by atoms with E-state index >= 15 is 0 Å². The van der Waals surface area contributed by atoms with Crippen molar-refractivity contribution in [1.82, 2.24) is 0 Å². The average Bonchev–Trinajstić information content (AvgIpc) is 1.96. The Bertz CT molecular complexity index is 156. The predicted octanol–water partition coefficient (Wildman–Crippen LogP) is 1.87. The van der Waals surface area contributed by atoms with Gasteiger partial charge in [-0.2, -0.15) is 0 Å². The van der Waals surface area contributed by atoms with Gasteiger partial charge in [0.15, 0.2) is 0 Å². The van der Waals surface area contributed by atoms with Gasteiger partial charge in [0, 0.05) is 12.0 Å². The molecule has 2 heteroatoms. The van der Waals surface area contributed by atoms with Gasteiger partial charge in [0.2, 0.25) is 0 Å². The average molecular weight is 169 g/mol. The standard InChI is InChI=1S/C10H19NO/c1-8(12)9-6-4-2-3-5-7-10(9)11/h9-10H,2-7,11H2,1H3/t9-,10+/m0/s1. The first kappa shape index (κ1) is 9.72. The van der Waals surface area contributed by atoms with Gasteiger partial charge in [-0.1, -0.05) is 25.7 Å². The molecule has 1 aliphatic carbocycles. The Balaban J connectivity index is 2.48. The van der Waals surface area contributed by atoms with Crippen molar-refractivity contribution in [2.24, 2.45) is 11.7 Å². The Labute approximate surface area is 74.5 Å². The van der Waals surface area contributed by atoms with Crippen LogP contribution in [-0.4, -0.2) is 11.8 Å². The van der Waals surface area contributed by atoms with Crippen LogP contribution in [0, 0.1) is 5.92 Å². The number of rotatable bonds is 1. The molecule has 0 radical (unpaired) electrons. The van der Waals surface area contributed by atoms with Crippen LogP contribution in [-0.2, 0) is 4.79 Å². The van der Waals surface area contributed by atoms with E-state index in [4.69, 9.17) is 5.73 Å². The van der Waals surface area contributed by atoms with E-state index in [0.29, 0.717) is 0 Å². The lowest BCUT2D eigenvalue weighted by Gasteiger charge is -2.23. The minimum Gasteiger partial charge on any atom is -0.327 e. The van der Waals surface area contributed by atoms with Crippen LogP contribution in [0.5, 0.6) is 0 Å². The summed E-state index contributed by atoms with van der Waals surface area (Å²) in [6.07, 6.45) is 6.98. The van der Waals surface area contributed by atoms with Crippen LogP contribution in [0.25, 0.3) is 0 Å². The van der Waals surface area contributed by atoms with Crippen LogP contribution in [0.3, 0.4) is 0 Å². The smallest absolute Gasteiger partial charge is 0.134 e. The first-order chi connectivity index (χ1) is 5.72. The van der Waals surface area contributed by atoms with Crippen molar-refractivity contribution in [1.29, 1.82) is 0 Å². The van der Waals surface area contributed by atoms with Gasteiger partial charge in [-0.25, -0.2) is 0 Å². The van der Waals surface area contributed by atoms with Crippen molar-refractivity contribution in [3.8, 4) is 0 Å². The number of ketones is 1. The van der Waals surface area contributed by atoms with Gasteiger partial charge in [0.1, 0.15) is 5.78 Å². The number of Topliss-reactive ketones (excluding diaryl/α,β-unsaturated/α-hetero) is 1. The summed E-state index contributed by atoms with van der Waals surface area (Å²) < 4.78 is 0. The molecule has 70 valence electrons. The molecule has 0 unspecified atom stereocenters. The van der Waals surface area contributed by atoms with Crippen molar-refractivity contribution in [2.45, 2.75) is 51.5 Å². The molecule has 12 heavy (non-hydrogen) atoms. The van der Waals surface area contributed by atoms with E-state index < -0.39 is 0 Å².